The normalized spacial score (nSPS) is 20.6. The van der Waals surface area contributed by atoms with Crippen LogP contribution in [-0.4, -0.2) is 21.5 Å². The van der Waals surface area contributed by atoms with E-state index in [9.17, 15) is 0 Å². The first-order valence-corrected chi connectivity index (χ1v) is 8.78. The van der Waals surface area contributed by atoms with Gasteiger partial charge in [0.05, 0.1) is 16.3 Å². The molecule has 1 aliphatic rings. The van der Waals surface area contributed by atoms with Crippen molar-refractivity contribution in [2.24, 2.45) is 0 Å². The van der Waals surface area contributed by atoms with E-state index in [0.717, 1.165) is 21.3 Å². The van der Waals surface area contributed by atoms with Crippen molar-refractivity contribution in [3.63, 3.8) is 0 Å². The molecule has 0 spiro atoms. The van der Waals surface area contributed by atoms with Gasteiger partial charge in [0.25, 0.3) is 0 Å². The average Bonchev–Trinajstić information content (AvgIpc) is 3.12. The van der Waals surface area contributed by atoms with Crippen LogP contribution in [0.4, 0.5) is 0 Å². The third-order valence-electron chi connectivity index (χ3n) is 3.05. The Morgan fingerprint density at radius 2 is 2.29 bits per heavy atom. The van der Waals surface area contributed by atoms with Gasteiger partial charge in [-0.15, -0.1) is 23.5 Å². The van der Waals surface area contributed by atoms with E-state index in [2.05, 4.69) is 4.98 Å². The van der Waals surface area contributed by atoms with Crippen molar-refractivity contribution in [2.75, 3.05) is 5.75 Å². The Labute approximate surface area is 141 Å². The van der Waals surface area contributed by atoms with E-state index in [1.165, 1.54) is 6.21 Å². The van der Waals surface area contributed by atoms with E-state index in [1.807, 2.05) is 22.9 Å². The van der Waals surface area contributed by atoms with Crippen LogP contribution in [0, 0.1) is 5.41 Å². The Hall–Kier alpha value is -0.880. The molecule has 1 aliphatic heterocycles. The van der Waals surface area contributed by atoms with Crippen molar-refractivity contribution in [2.45, 2.75) is 5.25 Å². The molecule has 7 heteroatoms. The minimum absolute atomic E-state index is 0.272. The summed E-state index contributed by atoms with van der Waals surface area (Å²) in [4.78, 5) is 4.03. The summed E-state index contributed by atoms with van der Waals surface area (Å²) in [7, 11) is 0. The topological polar surface area (TPSA) is 41.7 Å². The number of halogens is 2. The number of benzene rings is 1. The van der Waals surface area contributed by atoms with E-state index in [0.29, 0.717) is 10.0 Å². The van der Waals surface area contributed by atoms with Crippen LogP contribution in [0.3, 0.4) is 0 Å². The minimum atomic E-state index is 0.272. The maximum Gasteiger partial charge on any atom is 0.0992 e. The van der Waals surface area contributed by atoms with Gasteiger partial charge in [0.2, 0.25) is 0 Å². The summed E-state index contributed by atoms with van der Waals surface area (Å²) in [6.07, 6.45) is 6.62. The number of nitrogens with one attached hydrogen (secondary N) is 1. The summed E-state index contributed by atoms with van der Waals surface area (Å²) in [6.45, 7) is 0. The molecule has 1 aromatic heterocycles. The first kappa shape index (κ1) is 15.0. The lowest BCUT2D eigenvalue weighted by Gasteiger charge is -2.11. The predicted octanol–water partition coefficient (Wildman–Crippen LogP) is 5.19. The minimum Gasteiger partial charge on any atom is -0.307 e. The standard InChI is InChI=1S/C14H11Cl2N3S2/c15-9-1-2-10(11(16)5-9)13-7-20-14(21-13)12(6-17)19-4-3-18-8-19/h1-6,8,13,17H,7H2/b14-12-,17-6?/t13-/m1/s1. The van der Waals surface area contributed by atoms with E-state index in [-0.39, 0.29) is 5.25 Å². The maximum absolute atomic E-state index is 7.64. The number of imidazole rings is 1. The van der Waals surface area contributed by atoms with Crippen LogP contribution in [0.5, 0.6) is 0 Å². The Morgan fingerprint density at radius 3 is 2.95 bits per heavy atom. The molecule has 2 heterocycles. The van der Waals surface area contributed by atoms with Crippen LogP contribution in [0.15, 0.2) is 41.2 Å². The fraction of sp³-hybridized carbons (Fsp3) is 0.143. The Balaban J connectivity index is 1.89. The van der Waals surface area contributed by atoms with Gasteiger partial charge < -0.3 is 9.98 Å². The summed E-state index contributed by atoms with van der Waals surface area (Å²) < 4.78 is 2.97. The zero-order valence-electron chi connectivity index (χ0n) is 10.8. The molecule has 1 fully saturated rings. The Kier molecular flexibility index (Phi) is 4.64. The van der Waals surface area contributed by atoms with Gasteiger partial charge in [-0.3, -0.25) is 0 Å². The van der Waals surface area contributed by atoms with Gasteiger partial charge in [0, 0.05) is 39.7 Å². The molecule has 21 heavy (non-hydrogen) atoms. The van der Waals surface area contributed by atoms with Gasteiger partial charge in [-0.05, 0) is 17.7 Å². The SMILES string of the molecule is N=C/C(=C1\SC[C@H](c2ccc(Cl)cc2Cl)S1)n1ccnc1. The summed E-state index contributed by atoms with van der Waals surface area (Å²) in [5, 5.41) is 9.25. The second-order valence-electron chi connectivity index (χ2n) is 4.37. The fourth-order valence-electron chi connectivity index (χ4n) is 2.04. The van der Waals surface area contributed by atoms with Crippen molar-refractivity contribution in [1.82, 2.24) is 9.55 Å². The number of thioether (sulfide) groups is 2. The van der Waals surface area contributed by atoms with E-state index in [4.69, 9.17) is 28.6 Å². The molecule has 2 aromatic rings. The lowest BCUT2D eigenvalue weighted by Crippen LogP contribution is -1.96. The molecule has 3 rings (SSSR count). The van der Waals surface area contributed by atoms with E-state index < -0.39 is 0 Å². The van der Waals surface area contributed by atoms with Crippen molar-refractivity contribution in [1.29, 1.82) is 5.41 Å². The highest BCUT2D eigenvalue weighted by molar-refractivity contribution is 8.25. The molecule has 108 valence electrons. The van der Waals surface area contributed by atoms with Crippen LogP contribution in [-0.2, 0) is 0 Å². The number of hydrogen-bond donors (Lipinski definition) is 1. The van der Waals surface area contributed by atoms with Crippen LogP contribution in [0.2, 0.25) is 10.0 Å². The van der Waals surface area contributed by atoms with Gasteiger partial charge in [-0.1, -0.05) is 29.3 Å². The van der Waals surface area contributed by atoms with E-state index in [1.54, 1.807) is 42.1 Å². The first-order valence-electron chi connectivity index (χ1n) is 6.16. The van der Waals surface area contributed by atoms with Gasteiger partial charge in [0.15, 0.2) is 0 Å². The fourth-order valence-corrected chi connectivity index (χ4v) is 5.62. The molecule has 1 saturated heterocycles. The highest BCUT2D eigenvalue weighted by atomic mass is 35.5. The molecule has 0 aliphatic carbocycles. The number of aromatic nitrogens is 2. The van der Waals surface area contributed by atoms with Gasteiger partial charge in [-0.2, -0.15) is 0 Å². The van der Waals surface area contributed by atoms with Crippen molar-refractivity contribution in [3.05, 3.63) is 56.8 Å². The van der Waals surface area contributed by atoms with Crippen molar-refractivity contribution in [3.8, 4) is 0 Å². The quantitative estimate of drug-likeness (QED) is 0.770. The van der Waals surface area contributed by atoms with Crippen LogP contribution < -0.4 is 0 Å². The zero-order valence-corrected chi connectivity index (χ0v) is 13.9. The lowest BCUT2D eigenvalue weighted by atomic mass is 10.2. The average molecular weight is 356 g/mol. The monoisotopic (exact) mass is 355 g/mol. The molecule has 1 N–H and O–H groups in total. The highest BCUT2D eigenvalue weighted by Crippen LogP contribution is 2.53. The largest absolute Gasteiger partial charge is 0.307 e. The predicted molar refractivity (Wildman–Crippen MR) is 93.5 cm³/mol. The first-order chi connectivity index (χ1) is 10.2. The van der Waals surface area contributed by atoms with Crippen molar-refractivity contribution < 1.29 is 0 Å². The lowest BCUT2D eigenvalue weighted by molar-refractivity contribution is 1.11. The summed E-state index contributed by atoms with van der Waals surface area (Å²) in [5.41, 5.74) is 1.93. The second kappa shape index (κ2) is 6.48. The van der Waals surface area contributed by atoms with Crippen LogP contribution >= 0.6 is 46.7 Å². The van der Waals surface area contributed by atoms with Crippen molar-refractivity contribution >= 4 is 58.6 Å². The summed E-state index contributed by atoms with van der Waals surface area (Å²) in [6, 6.07) is 5.62. The van der Waals surface area contributed by atoms with Gasteiger partial charge >= 0.3 is 0 Å². The smallest absolute Gasteiger partial charge is 0.0992 e. The zero-order chi connectivity index (χ0) is 14.8. The Morgan fingerprint density at radius 1 is 1.43 bits per heavy atom. The Bertz CT molecular complexity index is 698. The molecule has 0 saturated carbocycles. The third-order valence-corrected chi connectivity index (χ3v) is 6.57. The van der Waals surface area contributed by atoms with Gasteiger partial charge in [-0.25, -0.2) is 4.98 Å². The molecule has 0 radical (unpaired) electrons. The van der Waals surface area contributed by atoms with Crippen LogP contribution in [0.25, 0.3) is 5.70 Å². The molecule has 0 unspecified atom stereocenters. The maximum atomic E-state index is 7.64. The van der Waals surface area contributed by atoms with E-state index >= 15 is 0 Å². The number of rotatable bonds is 3. The number of nitrogens with zero attached hydrogens (tertiary/aromatic N) is 2. The van der Waals surface area contributed by atoms with Gasteiger partial charge in [0.1, 0.15) is 0 Å². The highest BCUT2D eigenvalue weighted by Gasteiger charge is 2.27. The molecule has 1 atom stereocenters. The van der Waals surface area contributed by atoms with Crippen LogP contribution in [0.1, 0.15) is 10.8 Å². The molecule has 0 amide bonds. The number of hydrogen-bond acceptors (Lipinski definition) is 4. The third kappa shape index (κ3) is 3.16. The molecule has 3 nitrogen and oxygen atoms in total. The molecule has 1 aromatic carbocycles. The summed E-state index contributed by atoms with van der Waals surface area (Å²) in [5.74, 6) is 0.924. The second-order valence-corrected chi connectivity index (χ2v) is 7.72. The summed E-state index contributed by atoms with van der Waals surface area (Å²) >= 11 is 15.7. The number of allylic oxidation sites excluding steroid dienone is 1. The molecule has 0 bridgehead atoms. The molecular formula is C14H11Cl2N3S2. The molecular weight excluding hydrogens is 345 g/mol.